The van der Waals surface area contributed by atoms with Crippen LogP contribution in [0.25, 0.3) is 0 Å². The Kier molecular flexibility index (Phi) is 4.85. The molecule has 1 saturated heterocycles. The number of nitrogens with one attached hydrogen (secondary N) is 1. The van der Waals surface area contributed by atoms with Gasteiger partial charge in [0.2, 0.25) is 0 Å². The molecule has 19 heavy (non-hydrogen) atoms. The fourth-order valence-electron chi connectivity index (χ4n) is 2.40. The highest BCUT2D eigenvalue weighted by Gasteiger charge is 2.21. The number of aromatic nitrogens is 1. The van der Waals surface area contributed by atoms with Crippen molar-refractivity contribution in [2.75, 3.05) is 26.2 Å². The van der Waals surface area contributed by atoms with E-state index in [1.807, 2.05) is 6.92 Å². The Morgan fingerprint density at radius 3 is 2.79 bits per heavy atom. The number of piperidine rings is 1. The molecule has 0 aliphatic carbocycles. The second-order valence-corrected chi connectivity index (χ2v) is 4.90. The average Bonchev–Trinajstić information content (AvgIpc) is 2.46. The van der Waals surface area contributed by atoms with Gasteiger partial charge in [-0.1, -0.05) is 0 Å². The Hall–Kier alpha value is -1.49. The molecule has 1 amide bonds. The minimum absolute atomic E-state index is 0.110. The van der Waals surface area contributed by atoms with Crippen LogP contribution in [0.3, 0.4) is 0 Å². The minimum atomic E-state index is -0.419. The fraction of sp³-hybridized carbons (Fsp3) is 0.571. The number of halogens is 1. The summed E-state index contributed by atoms with van der Waals surface area (Å²) in [5, 5.41) is 3.32. The lowest BCUT2D eigenvalue weighted by Gasteiger charge is -2.29. The molecule has 0 bridgehead atoms. The van der Waals surface area contributed by atoms with E-state index in [4.69, 9.17) is 0 Å². The van der Waals surface area contributed by atoms with E-state index < -0.39 is 5.82 Å². The van der Waals surface area contributed by atoms with Crippen molar-refractivity contribution >= 4 is 5.91 Å². The third-order valence-corrected chi connectivity index (χ3v) is 3.55. The summed E-state index contributed by atoms with van der Waals surface area (Å²) in [4.78, 5) is 17.9. The molecule has 5 heteroatoms. The van der Waals surface area contributed by atoms with E-state index in [2.05, 4.69) is 10.3 Å². The third-order valence-electron chi connectivity index (χ3n) is 3.55. The monoisotopic (exact) mass is 265 g/mol. The van der Waals surface area contributed by atoms with Gasteiger partial charge in [-0.2, -0.15) is 0 Å². The number of hydrogen-bond donors (Lipinski definition) is 1. The van der Waals surface area contributed by atoms with Gasteiger partial charge < -0.3 is 10.2 Å². The van der Waals surface area contributed by atoms with Gasteiger partial charge in [-0.15, -0.1) is 0 Å². The molecule has 1 aromatic rings. The molecule has 0 saturated carbocycles. The van der Waals surface area contributed by atoms with Gasteiger partial charge in [0, 0.05) is 13.1 Å². The first-order valence-electron chi connectivity index (χ1n) is 6.82. The number of hydrogen-bond acceptors (Lipinski definition) is 3. The second-order valence-electron chi connectivity index (χ2n) is 4.90. The molecule has 0 spiro atoms. The van der Waals surface area contributed by atoms with Crippen LogP contribution >= 0.6 is 0 Å². The van der Waals surface area contributed by atoms with Gasteiger partial charge in [-0.3, -0.25) is 4.79 Å². The minimum Gasteiger partial charge on any atom is -0.337 e. The highest BCUT2D eigenvalue weighted by molar-refractivity contribution is 5.92. The molecule has 104 valence electrons. The van der Waals surface area contributed by atoms with Gasteiger partial charge in [0.1, 0.15) is 11.5 Å². The molecule has 1 aromatic heterocycles. The Balaban J connectivity index is 1.99. The zero-order valence-corrected chi connectivity index (χ0v) is 11.2. The molecular formula is C14H20FN3O. The number of carbonyl (C=O) groups is 1. The molecule has 2 rings (SSSR count). The van der Waals surface area contributed by atoms with E-state index in [9.17, 15) is 9.18 Å². The maximum atomic E-state index is 12.8. The van der Waals surface area contributed by atoms with Gasteiger partial charge in [-0.05, 0) is 50.9 Å². The largest absolute Gasteiger partial charge is 0.337 e. The summed E-state index contributed by atoms with van der Waals surface area (Å²) in [6, 6.07) is 2.72. The molecule has 2 heterocycles. The van der Waals surface area contributed by atoms with Crippen LogP contribution in [0, 0.1) is 11.7 Å². The maximum absolute atomic E-state index is 12.8. The normalized spacial score (nSPS) is 16.3. The lowest BCUT2D eigenvalue weighted by atomic mass is 9.97. The summed E-state index contributed by atoms with van der Waals surface area (Å²) in [6.45, 7) is 5.41. The lowest BCUT2D eigenvalue weighted by Crippen LogP contribution is -2.39. The van der Waals surface area contributed by atoms with Crippen LogP contribution in [-0.2, 0) is 0 Å². The maximum Gasteiger partial charge on any atom is 0.272 e. The van der Waals surface area contributed by atoms with E-state index in [1.165, 1.54) is 12.1 Å². The predicted octanol–water partition coefficient (Wildman–Crippen LogP) is 1.68. The molecule has 4 nitrogen and oxygen atoms in total. The summed E-state index contributed by atoms with van der Waals surface area (Å²) >= 11 is 0. The number of rotatable bonds is 4. The van der Waals surface area contributed by atoms with Crippen LogP contribution in [-0.4, -0.2) is 42.0 Å². The van der Waals surface area contributed by atoms with Crippen molar-refractivity contribution in [1.82, 2.24) is 15.2 Å². The van der Waals surface area contributed by atoms with Gasteiger partial charge in [0.05, 0.1) is 6.20 Å². The number of pyridine rings is 1. The Morgan fingerprint density at radius 2 is 2.21 bits per heavy atom. The van der Waals surface area contributed by atoms with Crippen molar-refractivity contribution in [3.05, 3.63) is 29.8 Å². The zero-order valence-electron chi connectivity index (χ0n) is 11.2. The predicted molar refractivity (Wildman–Crippen MR) is 71.4 cm³/mol. The SMILES string of the molecule is CCN(CC1CCNCC1)C(=O)c1ccc(F)cn1. The van der Waals surface area contributed by atoms with Gasteiger partial charge >= 0.3 is 0 Å². The highest BCUT2D eigenvalue weighted by atomic mass is 19.1. The Bertz CT molecular complexity index is 415. The van der Waals surface area contributed by atoms with Crippen LogP contribution in [0.4, 0.5) is 4.39 Å². The quantitative estimate of drug-likeness (QED) is 0.901. The van der Waals surface area contributed by atoms with Crippen LogP contribution in [0.15, 0.2) is 18.3 Å². The van der Waals surface area contributed by atoms with Gasteiger partial charge in [0.15, 0.2) is 0 Å². The van der Waals surface area contributed by atoms with Crippen molar-refractivity contribution in [2.45, 2.75) is 19.8 Å². The fourth-order valence-corrected chi connectivity index (χ4v) is 2.40. The first-order chi connectivity index (χ1) is 9.20. The van der Waals surface area contributed by atoms with Gasteiger partial charge in [-0.25, -0.2) is 9.37 Å². The van der Waals surface area contributed by atoms with Crippen molar-refractivity contribution in [1.29, 1.82) is 0 Å². The molecule has 0 unspecified atom stereocenters. The standard InChI is InChI=1S/C14H20FN3O/c1-2-18(10-11-5-7-16-8-6-11)14(19)13-4-3-12(15)9-17-13/h3-4,9,11,16H,2,5-8,10H2,1H3. The van der Waals surface area contributed by atoms with Crippen LogP contribution in [0.1, 0.15) is 30.3 Å². The molecule has 0 radical (unpaired) electrons. The molecule has 0 atom stereocenters. The molecule has 1 fully saturated rings. The Labute approximate surface area is 113 Å². The molecule has 0 aromatic carbocycles. The molecular weight excluding hydrogens is 245 g/mol. The average molecular weight is 265 g/mol. The summed E-state index contributed by atoms with van der Waals surface area (Å²) in [7, 11) is 0. The number of amides is 1. The summed E-state index contributed by atoms with van der Waals surface area (Å²) in [5.41, 5.74) is 0.317. The highest BCUT2D eigenvalue weighted by Crippen LogP contribution is 2.15. The van der Waals surface area contributed by atoms with E-state index in [0.29, 0.717) is 18.2 Å². The van der Waals surface area contributed by atoms with E-state index in [0.717, 1.165) is 38.7 Å². The molecule has 1 N–H and O–H groups in total. The van der Waals surface area contributed by atoms with E-state index in [1.54, 1.807) is 4.90 Å². The first-order valence-corrected chi connectivity index (χ1v) is 6.82. The van der Waals surface area contributed by atoms with Gasteiger partial charge in [0.25, 0.3) is 5.91 Å². The summed E-state index contributed by atoms with van der Waals surface area (Å²) in [6.07, 6.45) is 3.28. The molecule has 1 aliphatic rings. The van der Waals surface area contributed by atoms with Crippen LogP contribution < -0.4 is 5.32 Å². The van der Waals surface area contributed by atoms with Crippen molar-refractivity contribution in [3.8, 4) is 0 Å². The van der Waals surface area contributed by atoms with Crippen LogP contribution in [0.5, 0.6) is 0 Å². The second kappa shape index (κ2) is 6.61. The molecule has 1 aliphatic heterocycles. The first kappa shape index (κ1) is 13.9. The smallest absolute Gasteiger partial charge is 0.272 e. The Morgan fingerprint density at radius 1 is 1.47 bits per heavy atom. The number of nitrogens with zero attached hydrogens (tertiary/aromatic N) is 2. The van der Waals surface area contributed by atoms with Crippen molar-refractivity contribution < 1.29 is 9.18 Å². The summed E-state index contributed by atoms with van der Waals surface area (Å²) in [5.74, 6) is 0.0181. The lowest BCUT2D eigenvalue weighted by molar-refractivity contribution is 0.0721. The summed E-state index contributed by atoms with van der Waals surface area (Å²) < 4.78 is 12.8. The third kappa shape index (κ3) is 3.73. The van der Waals surface area contributed by atoms with E-state index >= 15 is 0 Å². The van der Waals surface area contributed by atoms with Crippen molar-refractivity contribution in [2.24, 2.45) is 5.92 Å². The van der Waals surface area contributed by atoms with Crippen molar-refractivity contribution in [3.63, 3.8) is 0 Å². The zero-order chi connectivity index (χ0) is 13.7. The van der Waals surface area contributed by atoms with Crippen LogP contribution in [0.2, 0.25) is 0 Å². The topological polar surface area (TPSA) is 45.2 Å². The number of carbonyl (C=O) groups excluding carboxylic acids is 1. The van der Waals surface area contributed by atoms with E-state index in [-0.39, 0.29) is 5.91 Å².